The van der Waals surface area contributed by atoms with Crippen molar-refractivity contribution in [1.82, 2.24) is 5.43 Å². The summed E-state index contributed by atoms with van der Waals surface area (Å²) in [4.78, 5) is 8.94. The minimum atomic E-state index is -4.27. The van der Waals surface area contributed by atoms with Crippen molar-refractivity contribution in [3.05, 3.63) is 60.2 Å². The second kappa shape index (κ2) is 7.30. The zero-order valence-electron chi connectivity index (χ0n) is 10.4. The third-order valence-electron chi connectivity index (χ3n) is 2.39. The van der Waals surface area contributed by atoms with Gasteiger partial charge >= 0.3 is 6.18 Å². The van der Waals surface area contributed by atoms with E-state index in [1.165, 1.54) is 12.1 Å². The van der Waals surface area contributed by atoms with Crippen molar-refractivity contribution in [1.29, 1.82) is 0 Å². The molecular formula is C14H13F3N2O. The van der Waals surface area contributed by atoms with E-state index in [9.17, 15) is 13.2 Å². The molecule has 0 radical (unpaired) electrons. The van der Waals surface area contributed by atoms with Crippen LogP contribution in [0.2, 0.25) is 0 Å². The van der Waals surface area contributed by atoms with Gasteiger partial charge in [-0.2, -0.15) is 13.2 Å². The predicted molar refractivity (Wildman–Crippen MR) is 70.3 cm³/mol. The summed E-state index contributed by atoms with van der Waals surface area (Å²) in [5.41, 5.74) is 2.83. The zero-order valence-corrected chi connectivity index (χ0v) is 10.4. The molecule has 106 valence electrons. The van der Waals surface area contributed by atoms with Crippen LogP contribution in [0.5, 0.6) is 0 Å². The Labute approximate surface area is 114 Å². The summed E-state index contributed by atoms with van der Waals surface area (Å²) in [6, 6.07) is 14.5. The molecule has 2 rings (SSSR count). The lowest BCUT2D eigenvalue weighted by Crippen LogP contribution is -2.18. The van der Waals surface area contributed by atoms with Crippen molar-refractivity contribution in [2.24, 2.45) is 5.84 Å². The van der Waals surface area contributed by atoms with E-state index >= 15 is 0 Å². The molecule has 2 aromatic carbocycles. The molecule has 0 bridgehead atoms. The quantitative estimate of drug-likeness (QED) is 0.385. The normalized spacial score (nSPS) is 10.2. The molecule has 3 N–H and O–H groups in total. The number of hydrogen-bond donors (Lipinski definition) is 2. The highest BCUT2D eigenvalue weighted by Crippen LogP contribution is 2.30. The van der Waals surface area contributed by atoms with Crippen LogP contribution in [0.1, 0.15) is 5.56 Å². The van der Waals surface area contributed by atoms with Crippen LogP contribution in [0.3, 0.4) is 0 Å². The molecule has 0 unspecified atom stereocenters. The van der Waals surface area contributed by atoms with Gasteiger partial charge in [0.2, 0.25) is 6.41 Å². The molecule has 0 heterocycles. The first kappa shape index (κ1) is 15.7. The van der Waals surface area contributed by atoms with Gasteiger partial charge in [-0.3, -0.25) is 10.2 Å². The highest BCUT2D eigenvalue weighted by Gasteiger charge is 2.29. The summed E-state index contributed by atoms with van der Waals surface area (Å²) in [5, 5.41) is 0. The van der Waals surface area contributed by atoms with Crippen LogP contribution >= 0.6 is 0 Å². The van der Waals surface area contributed by atoms with Crippen molar-refractivity contribution in [3.8, 4) is 11.1 Å². The molecule has 0 aromatic heterocycles. The number of halogens is 3. The van der Waals surface area contributed by atoms with Gasteiger partial charge in [0.1, 0.15) is 0 Å². The lowest BCUT2D eigenvalue weighted by atomic mass is 10.0. The fourth-order valence-electron chi connectivity index (χ4n) is 1.48. The Morgan fingerprint density at radius 1 is 0.900 bits per heavy atom. The van der Waals surface area contributed by atoms with Crippen molar-refractivity contribution in [2.75, 3.05) is 0 Å². The van der Waals surface area contributed by atoms with Gasteiger partial charge in [-0.25, -0.2) is 5.84 Å². The van der Waals surface area contributed by atoms with E-state index in [4.69, 9.17) is 4.79 Å². The molecule has 0 fully saturated rings. The van der Waals surface area contributed by atoms with Crippen molar-refractivity contribution < 1.29 is 18.0 Å². The topological polar surface area (TPSA) is 55.1 Å². The Balaban J connectivity index is 0.000000444. The van der Waals surface area contributed by atoms with Crippen molar-refractivity contribution in [2.45, 2.75) is 6.18 Å². The Kier molecular flexibility index (Phi) is 5.74. The molecule has 0 aliphatic heterocycles. The van der Waals surface area contributed by atoms with Gasteiger partial charge in [-0.1, -0.05) is 42.5 Å². The van der Waals surface area contributed by atoms with Gasteiger partial charge in [-0.05, 0) is 23.3 Å². The van der Waals surface area contributed by atoms with Gasteiger partial charge < -0.3 is 0 Å². The molecule has 0 saturated carbocycles. The lowest BCUT2D eigenvalue weighted by Gasteiger charge is -2.07. The largest absolute Gasteiger partial charge is 0.416 e. The summed E-state index contributed by atoms with van der Waals surface area (Å²) < 4.78 is 37.0. The SMILES string of the molecule is FC(F)(F)c1ccc(-c2ccccc2)cc1.NNC=O. The summed E-state index contributed by atoms with van der Waals surface area (Å²) in [5.74, 6) is 4.41. The van der Waals surface area contributed by atoms with Crippen LogP contribution < -0.4 is 11.3 Å². The van der Waals surface area contributed by atoms with Gasteiger partial charge in [0, 0.05) is 0 Å². The molecule has 0 aliphatic carbocycles. The highest BCUT2D eigenvalue weighted by atomic mass is 19.4. The van der Waals surface area contributed by atoms with E-state index in [0.717, 1.165) is 23.3 Å². The monoisotopic (exact) mass is 282 g/mol. The highest BCUT2D eigenvalue weighted by molar-refractivity contribution is 5.63. The van der Waals surface area contributed by atoms with E-state index < -0.39 is 11.7 Å². The summed E-state index contributed by atoms with van der Waals surface area (Å²) in [6.45, 7) is 0. The lowest BCUT2D eigenvalue weighted by molar-refractivity contribution is -0.137. The Morgan fingerprint density at radius 2 is 1.35 bits per heavy atom. The van der Waals surface area contributed by atoms with Crippen LogP contribution in [0.4, 0.5) is 13.2 Å². The Bertz CT molecular complexity index is 524. The molecule has 0 saturated heterocycles. The molecule has 6 heteroatoms. The van der Waals surface area contributed by atoms with Gasteiger partial charge in [0.25, 0.3) is 0 Å². The molecule has 2 aromatic rings. The predicted octanol–water partition coefficient (Wildman–Crippen LogP) is 2.98. The number of hydrogen-bond acceptors (Lipinski definition) is 2. The second-order valence-electron chi connectivity index (χ2n) is 3.73. The molecule has 1 amide bonds. The van der Waals surface area contributed by atoms with Gasteiger partial charge in [0.15, 0.2) is 0 Å². The standard InChI is InChI=1S/C13H9F3.CH4N2O/c14-13(15,16)12-8-6-11(7-9-12)10-4-2-1-3-5-10;2-3-1-4/h1-9H;1H,2H2,(H,3,4). The summed E-state index contributed by atoms with van der Waals surface area (Å²) >= 11 is 0. The summed E-state index contributed by atoms with van der Waals surface area (Å²) in [6.07, 6.45) is -3.87. The molecule has 3 nitrogen and oxygen atoms in total. The fraction of sp³-hybridized carbons (Fsp3) is 0.0714. The average molecular weight is 282 g/mol. The summed E-state index contributed by atoms with van der Waals surface area (Å²) in [7, 11) is 0. The first-order valence-electron chi connectivity index (χ1n) is 5.61. The molecule has 20 heavy (non-hydrogen) atoms. The number of hydrazine groups is 1. The van der Waals surface area contributed by atoms with E-state index in [2.05, 4.69) is 5.84 Å². The van der Waals surface area contributed by atoms with E-state index in [1.807, 2.05) is 30.3 Å². The van der Waals surface area contributed by atoms with Crippen molar-refractivity contribution in [3.63, 3.8) is 0 Å². The fourth-order valence-corrected chi connectivity index (χ4v) is 1.48. The maximum absolute atomic E-state index is 12.3. The van der Waals surface area contributed by atoms with E-state index in [-0.39, 0.29) is 0 Å². The minimum absolute atomic E-state index is 0.403. The van der Waals surface area contributed by atoms with E-state index in [1.54, 1.807) is 5.43 Å². The number of carbonyl (C=O) groups is 1. The molecule has 0 spiro atoms. The molecular weight excluding hydrogens is 269 g/mol. The first-order chi connectivity index (χ1) is 9.49. The maximum Gasteiger partial charge on any atom is 0.416 e. The molecule has 0 atom stereocenters. The Morgan fingerprint density at radius 3 is 1.75 bits per heavy atom. The minimum Gasteiger partial charge on any atom is -0.297 e. The average Bonchev–Trinajstić information content (AvgIpc) is 2.48. The smallest absolute Gasteiger partial charge is 0.297 e. The van der Waals surface area contributed by atoms with Crippen LogP contribution in [-0.4, -0.2) is 6.41 Å². The number of nitrogens with two attached hydrogens (primary N) is 1. The van der Waals surface area contributed by atoms with E-state index in [0.29, 0.717) is 6.41 Å². The van der Waals surface area contributed by atoms with Crippen LogP contribution in [0.25, 0.3) is 11.1 Å². The van der Waals surface area contributed by atoms with Crippen LogP contribution in [-0.2, 0) is 11.0 Å². The first-order valence-corrected chi connectivity index (χ1v) is 5.61. The number of carbonyl (C=O) groups excluding carboxylic acids is 1. The third kappa shape index (κ3) is 4.74. The molecule has 0 aliphatic rings. The van der Waals surface area contributed by atoms with Gasteiger partial charge in [0.05, 0.1) is 5.56 Å². The number of benzene rings is 2. The Hall–Kier alpha value is -2.34. The second-order valence-corrected chi connectivity index (χ2v) is 3.73. The third-order valence-corrected chi connectivity index (χ3v) is 2.39. The number of rotatable bonds is 2. The van der Waals surface area contributed by atoms with Crippen molar-refractivity contribution >= 4 is 6.41 Å². The number of nitrogens with one attached hydrogen (secondary N) is 1. The number of amides is 1. The zero-order chi connectivity index (χ0) is 15.0. The van der Waals surface area contributed by atoms with Crippen LogP contribution in [0.15, 0.2) is 54.6 Å². The maximum atomic E-state index is 12.3. The van der Waals surface area contributed by atoms with Gasteiger partial charge in [-0.15, -0.1) is 0 Å². The van der Waals surface area contributed by atoms with Crippen LogP contribution in [0, 0.1) is 0 Å². The number of alkyl halides is 3.